The van der Waals surface area contributed by atoms with Gasteiger partial charge < -0.3 is 5.32 Å². The number of thiophene rings is 1. The molecule has 5 nitrogen and oxygen atoms in total. The maximum Gasteiger partial charge on any atom is 0.208 e. The summed E-state index contributed by atoms with van der Waals surface area (Å²) in [6, 6.07) is 13.9. The van der Waals surface area contributed by atoms with Gasteiger partial charge in [0.2, 0.25) is 5.78 Å². The second-order valence-corrected chi connectivity index (χ2v) is 8.70. The van der Waals surface area contributed by atoms with Crippen LogP contribution in [0.25, 0.3) is 16.9 Å². The lowest BCUT2D eigenvalue weighted by molar-refractivity contribution is 0.104. The number of aromatic nitrogens is 3. The lowest BCUT2D eigenvalue weighted by Crippen LogP contribution is -2.17. The van der Waals surface area contributed by atoms with Gasteiger partial charge in [0.15, 0.2) is 5.65 Å². The first-order chi connectivity index (χ1) is 14.6. The highest BCUT2D eigenvalue weighted by molar-refractivity contribution is 7.12. The minimum absolute atomic E-state index is 0.0425. The van der Waals surface area contributed by atoms with Crippen LogP contribution >= 0.6 is 11.3 Å². The molecule has 154 valence electrons. The summed E-state index contributed by atoms with van der Waals surface area (Å²) in [7, 11) is 0. The Kier molecular flexibility index (Phi) is 5.95. The van der Waals surface area contributed by atoms with Gasteiger partial charge >= 0.3 is 0 Å². The molecule has 3 aromatic heterocycles. The second kappa shape index (κ2) is 8.79. The average molecular weight is 419 g/mol. The molecule has 3 heterocycles. The highest BCUT2D eigenvalue weighted by atomic mass is 32.1. The molecule has 0 spiro atoms. The molecule has 1 aromatic carbocycles. The van der Waals surface area contributed by atoms with Gasteiger partial charge in [-0.1, -0.05) is 45.4 Å². The highest BCUT2D eigenvalue weighted by Gasteiger charge is 2.18. The van der Waals surface area contributed by atoms with E-state index in [1.54, 1.807) is 16.9 Å². The van der Waals surface area contributed by atoms with Gasteiger partial charge in [-0.05, 0) is 41.5 Å². The van der Waals surface area contributed by atoms with Crippen molar-refractivity contribution >= 4 is 28.5 Å². The summed E-state index contributed by atoms with van der Waals surface area (Å²) in [5.41, 5.74) is 4.12. The largest absolute Gasteiger partial charge is 0.385 e. The Bertz CT molecular complexity index is 1150. The van der Waals surface area contributed by atoms with Crippen LogP contribution in [0.2, 0.25) is 0 Å². The number of carbonyl (C=O) groups is 1. The molecule has 0 bridgehead atoms. The van der Waals surface area contributed by atoms with Crippen LogP contribution in [-0.4, -0.2) is 26.9 Å². The topological polar surface area (TPSA) is 59.3 Å². The fourth-order valence-corrected chi connectivity index (χ4v) is 4.16. The Hall–Kier alpha value is -2.99. The van der Waals surface area contributed by atoms with Crippen molar-refractivity contribution in [2.45, 2.75) is 27.2 Å². The molecule has 0 radical (unpaired) electrons. The molecule has 0 aliphatic heterocycles. The van der Waals surface area contributed by atoms with Crippen molar-refractivity contribution < 1.29 is 4.79 Å². The van der Waals surface area contributed by atoms with E-state index < -0.39 is 0 Å². The van der Waals surface area contributed by atoms with Crippen LogP contribution in [0.3, 0.4) is 0 Å². The number of nitrogens with one attached hydrogen (secondary N) is 1. The zero-order valence-corrected chi connectivity index (χ0v) is 18.3. The number of ketones is 1. The molecular weight excluding hydrogens is 392 g/mol. The maximum absolute atomic E-state index is 12.8. The number of benzene rings is 1. The smallest absolute Gasteiger partial charge is 0.208 e. The van der Waals surface area contributed by atoms with Gasteiger partial charge in [0.1, 0.15) is 0 Å². The Labute approximate surface area is 180 Å². The molecule has 0 amide bonds. The summed E-state index contributed by atoms with van der Waals surface area (Å²) in [5.74, 6) is 1.24. The first-order valence-corrected chi connectivity index (χ1v) is 11.2. The van der Waals surface area contributed by atoms with E-state index >= 15 is 0 Å². The Morgan fingerprint density at radius 1 is 1.17 bits per heavy atom. The zero-order valence-electron chi connectivity index (χ0n) is 17.5. The molecule has 0 aliphatic rings. The van der Waals surface area contributed by atoms with E-state index in [9.17, 15) is 4.79 Å². The fraction of sp³-hybridized carbons (Fsp3) is 0.292. The average Bonchev–Trinajstić information content (AvgIpc) is 3.46. The van der Waals surface area contributed by atoms with E-state index in [0.717, 1.165) is 23.5 Å². The Morgan fingerprint density at radius 3 is 2.80 bits per heavy atom. The number of carbonyl (C=O) groups excluding carboxylic acids is 1. The predicted octanol–water partition coefficient (Wildman–Crippen LogP) is 5.78. The SMILES string of the molecule is CCC(C)C(C)CNc1cccc(-c2ccnc3c(C(=O)c4cccs4)cnn23)c1. The van der Waals surface area contributed by atoms with Crippen LogP contribution in [0.5, 0.6) is 0 Å². The second-order valence-electron chi connectivity index (χ2n) is 7.75. The predicted molar refractivity (Wildman–Crippen MR) is 123 cm³/mol. The molecule has 0 saturated carbocycles. The summed E-state index contributed by atoms with van der Waals surface area (Å²) >= 11 is 1.43. The van der Waals surface area contributed by atoms with Crippen LogP contribution in [0.4, 0.5) is 5.69 Å². The molecule has 0 aliphatic carbocycles. The number of anilines is 1. The van der Waals surface area contributed by atoms with Gasteiger partial charge in [0, 0.05) is 24.0 Å². The third-order valence-corrected chi connectivity index (χ3v) is 6.66. The van der Waals surface area contributed by atoms with E-state index in [2.05, 4.69) is 54.4 Å². The summed E-state index contributed by atoms with van der Waals surface area (Å²) in [6.45, 7) is 7.75. The van der Waals surface area contributed by atoms with Crippen LogP contribution in [0.15, 0.2) is 60.2 Å². The number of hydrogen-bond donors (Lipinski definition) is 1. The molecule has 2 unspecified atom stereocenters. The van der Waals surface area contributed by atoms with Gasteiger partial charge in [-0.25, -0.2) is 9.50 Å². The molecular formula is C24H26N4OS. The number of fused-ring (bicyclic) bond motifs is 1. The van der Waals surface area contributed by atoms with Gasteiger partial charge in [-0.3, -0.25) is 4.79 Å². The summed E-state index contributed by atoms with van der Waals surface area (Å²) < 4.78 is 1.75. The molecule has 30 heavy (non-hydrogen) atoms. The minimum Gasteiger partial charge on any atom is -0.385 e. The van der Waals surface area contributed by atoms with Gasteiger partial charge in [-0.15, -0.1) is 11.3 Å². The molecule has 6 heteroatoms. The van der Waals surface area contributed by atoms with Gasteiger partial charge in [0.25, 0.3) is 0 Å². The quantitative estimate of drug-likeness (QED) is 0.368. The lowest BCUT2D eigenvalue weighted by atomic mass is 9.93. The summed E-state index contributed by atoms with van der Waals surface area (Å²) in [6.07, 6.45) is 4.54. The lowest BCUT2D eigenvalue weighted by Gasteiger charge is -2.19. The molecule has 4 rings (SSSR count). The minimum atomic E-state index is -0.0425. The van der Waals surface area contributed by atoms with Crippen molar-refractivity contribution in [1.29, 1.82) is 0 Å². The molecule has 0 saturated heterocycles. The van der Waals surface area contributed by atoms with Crippen molar-refractivity contribution in [3.8, 4) is 11.3 Å². The third-order valence-electron chi connectivity index (χ3n) is 5.79. The van der Waals surface area contributed by atoms with E-state index in [1.165, 1.54) is 17.8 Å². The summed E-state index contributed by atoms with van der Waals surface area (Å²) in [5, 5.41) is 9.94. The van der Waals surface area contributed by atoms with Crippen molar-refractivity contribution in [2.75, 3.05) is 11.9 Å². The van der Waals surface area contributed by atoms with Crippen molar-refractivity contribution in [1.82, 2.24) is 14.6 Å². The van der Waals surface area contributed by atoms with Crippen LogP contribution in [0, 0.1) is 11.8 Å². The van der Waals surface area contributed by atoms with Gasteiger partial charge in [-0.2, -0.15) is 5.10 Å². The normalized spacial score (nSPS) is 13.3. The van der Waals surface area contributed by atoms with E-state index in [-0.39, 0.29) is 5.78 Å². The Balaban J connectivity index is 1.63. The maximum atomic E-state index is 12.8. The van der Waals surface area contributed by atoms with E-state index in [1.807, 2.05) is 29.6 Å². The number of rotatable bonds is 8. The monoisotopic (exact) mass is 418 g/mol. The van der Waals surface area contributed by atoms with Crippen molar-refractivity contribution in [3.63, 3.8) is 0 Å². The number of hydrogen-bond acceptors (Lipinski definition) is 5. The van der Waals surface area contributed by atoms with Crippen LogP contribution in [0.1, 0.15) is 42.4 Å². The highest BCUT2D eigenvalue weighted by Crippen LogP contribution is 2.26. The van der Waals surface area contributed by atoms with E-state index in [4.69, 9.17) is 0 Å². The van der Waals surface area contributed by atoms with Crippen LogP contribution < -0.4 is 5.32 Å². The van der Waals surface area contributed by atoms with Gasteiger partial charge in [0.05, 0.1) is 22.3 Å². The molecule has 4 aromatic rings. The zero-order chi connectivity index (χ0) is 21.1. The fourth-order valence-electron chi connectivity index (χ4n) is 3.48. The summed E-state index contributed by atoms with van der Waals surface area (Å²) in [4.78, 5) is 18.0. The third kappa shape index (κ3) is 4.00. The first kappa shape index (κ1) is 20.3. The molecule has 1 N–H and O–H groups in total. The van der Waals surface area contributed by atoms with Crippen LogP contribution in [-0.2, 0) is 0 Å². The first-order valence-electron chi connectivity index (χ1n) is 10.3. The van der Waals surface area contributed by atoms with Crippen molar-refractivity contribution in [2.24, 2.45) is 11.8 Å². The molecule has 0 fully saturated rings. The standard InChI is InChI=1S/C24H26N4OS/c1-4-16(2)17(3)14-26-19-8-5-7-18(13-19)21-10-11-25-24-20(15-27-28(21)24)23(29)22-9-6-12-30-22/h5-13,15-17,26H,4,14H2,1-3H3. The Morgan fingerprint density at radius 2 is 2.03 bits per heavy atom. The number of nitrogens with zero attached hydrogens (tertiary/aromatic N) is 3. The van der Waals surface area contributed by atoms with E-state index in [0.29, 0.717) is 27.9 Å². The van der Waals surface area contributed by atoms with Crippen molar-refractivity contribution in [3.05, 3.63) is 70.7 Å². The molecule has 2 atom stereocenters.